The van der Waals surface area contributed by atoms with Gasteiger partial charge in [-0.15, -0.1) is 0 Å². The number of pyridine rings is 1. The van der Waals surface area contributed by atoms with Gasteiger partial charge in [0.1, 0.15) is 5.75 Å². The monoisotopic (exact) mass is 283 g/mol. The largest absolute Gasteiger partial charge is 0.482 e. The Bertz CT molecular complexity index is 643. The first kappa shape index (κ1) is 13.4. The highest BCUT2D eigenvalue weighted by Crippen LogP contribution is 2.31. The number of amides is 1. The lowest BCUT2D eigenvalue weighted by atomic mass is 10.00. The van der Waals surface area contributed by atoms with E-state index in [1.165, 1.54) is 0 Å². The van der Waals surface area contributed by atoms with E-state index in [4.69, 9.17) is 10.5 Å². The number of nitrogen functional groups attached to an aromatic ring is 1. The molecule has 0 spiro atoms. The number of benzene rings is 1. The Morgan fingerprint density at radius 3 is 3.05 bits per heavy atom. The smallest absolute Gasteiger partial charge is 0.264 e. The average molecular weight is 283 g/mol. The van der Waals surface area contributed by atoms with E-state index in [9.17, 15) is 4.79 Å². The predicted octanol–water partition coefficient (Wildman–Crippen LogP) is 2.02. The maximum atomic E-state index is 12.4. The molecule has 0 radical (unpaired) electrons. The van der Waals surface area contributed by atoms with E-state index in [0.29, 0.717) is 12.3 Å². The summed E-state index contributed by atoms with van der Waals surface area (Å²) in [6.45, 7) is 0.700. The maximum absolute atomic E-state index is 12.4. The second kappa shape index (κ2) is 5.83. The third kappa shape index (κ3) is 2.81. The minimum Gasteiger partial charge on any atom is -0.482 e. The summed E-state index contributed by atoms with van der Waals surface area (Å²) in [5, 5.41) is 0. The fourth-order valence-electron chi connectivity index (χ4n) is 2.57. The molecule has 1 aliphatic rings. The molecule has 1 amide bonds. The number of hydrogen-bond acceptors (Lipinski definition) is 4. The predicted molar refractivity (Wildman–Crippen MR) is 81.3 cm³/mol. The van der Waals surface area contributed by atoms with Gasteiger partial charge in [0.15, 0.2) is 6.61 Å². The molecular formula is C16H17N3O2. The van der Waals surface area contributed by atoms with E-state index >= 15 is 0 Å². The van der Waals surface area contributed by atoms with Gasteiger partial charge in [0, 0.05) is 24.1 Å². The number of nitrogens with zero attached hydrogens (tertiary/aromatic N) is 2. The van der Waals surface area contributed by atoms with Crippen molar-refractivity contribution in [3.05, 3.63) is 48.3 Å². The molecule has 108 valence electrons. The van der Waals surface area contributed by atoms with Crippen molar-refractivity contribution in [3.8, 4) is 5.75 Å². The van der Waals surface area contributed by atoms with Gasteiger partial charge >= 0.3 is 0 Å². The summed E-state index contributed by atoms with van der Waals surface area (Å²) >= 11 is 0. The third-order valence-electron chi connectivity index (χ3n) is 3.58. The van der Waals surface area contributed by atoms with E-state index in [1.807, 2.05) is 18.2 Å². The molecule has 5 heteroatoms. The summed E-state index contributed by atoms with van der Waals surface area (Å²) in [5.74, 6) is 0.529. The van der Waals surface area contributed by atoms with Crippen LogP contribution in [0, 0.1) is 0 Å². The van der Waals surface area contributed by atoms with Crippen LogP contribution in [0.2, 0.25) is 0 Å². The standard InChI is InChI=1S/C16H17N3O2/c17-14-6-1-7-15-13(14)5-3-9-19(15)16(20)11-21-12-4-2-8-18-10-12/h1-2,4,6-8,10H,3,5,9,11,17H2. The van der Waals surface area contributed by atoms with Crippen LogP contribution in [-0.4, -0.2) is 24.0 Å². The van der Waals surface area contributed by atoms with Crippen molar-refractivity contribution in [3.63, 3.8) is 0 Å². The topological polar surface area (TPSA) is 68.5 Å². The van der Waals surface area contributed by atoms with Gasteiger partial charge in [-0.05, 0) is 42.7 Å². The number of nitrogens with two attached hydrogens (primary N) is 1. The molecule has 3 rings (SSSR count). The lowest BCUT2D eigenvalue weighted by Crippen LogP contribution is -2.38. The Balaban J connectivity index is 1.73. The molecule has 0 bridgehead atoms. The molecule has 0 atom stereocenters. The highest BCUT2D eigenvalue weighted by atomic mass is 16.5. The number of anilines is 2. The van der Waals surface area contributed by atoms with Gasteiger partial charge in [0.05, 0.1) is 6.20 Å². The van der Waals surface area contributed by atoms with Gasteiger partial charge in [-0.1, -0.05) is 6.07 Å². The zero-order valence-electron chi connectivity index (χ0n) is 11.7. The van der Waals surface area contributed by atoms with Gasteiger partial charge in [-0.25, -0.2) is 0 Å². The van der Waals surface area contributed by atoms with Crippen molar-refractivity contribution in [2.24, 2.45) is 0 Å². The highest BCUT2D eigenvalue weighted by Gasteiger charge is 2.23. The van der Waals surface area contributed by atoms with Crippen LogP contribution < -0.4 is 15.4 Å². The van der Waals surface area contributed by atoms with Crippen molar-refractivity contribution in [1.29, 1.82) is 0 Å². The minimum atomic E-state index is -0.0644. The van der Waals surface area contributed by atoms with Crippen LogP contribution in [-0.2, 0) is 11.2 Å². The molecule has 0 aliphatic carbocycles. The van der Waals surface area contributed by atoms with Crippen LogP contribution in [0.3, 0.4) is 0 Å². The maximum Gasteiger partial charge on any atom is 0.264 e. The number of carbonyl (C=O) groups is 1. The molecule has 0 saturated heterocycles. The summed E-state index contributed by atoms with van der Waals surface area (Å²) in [4.78, 5) is 18.1. The molecule has 1 aromatic carbocycles. The van der Waals surface area contributed by atoms with E-state index in [-0.39, 0.29) is 12.5 Å². The molecule has 1 aromatic heterocycles. The Labute approximate surface area is 123 Å². The minimum absolute atomic E-state index is 0.0000671. The first-order valence-corrected chi connectivity index (χ1v) is 6.96. The number of rotatable bonds is 3. The summed E-state index contributed by atoms with van der Waals surface area (Å²) in [6, 6.07) is 9.24. The highest BCUT2D eigenvalue weighted by molar-refractivity contribution is 5.96. The molecule has 0 unspecified atom stereocenters. The summed E-state index contributed by atoms with van der Waals surface area (Å²) in [5.41, 5.74) is 8.70. The van der Waals surface area contributed by atoms with E-state index < -0.39 is 0 Å². The van der Waals surface area contributed by atoms with Gasteiger partial charge in [-0.3, -0.25) is 9.78 Å². The number of ether oxygens (including phenoxy) is 1. The lowest BCUT2D eigenvalue weighted by molar-refractivity contribution is -0.120. The molecule has 5 nitrogen and oxygen atoms in total. The summed E-state index contributed by atoms with van der Waals surface area (Å²) < 4.78 is 5.48. The molecule has 2 heterocycles. The zero-order valence-corrected chi connectivity index (χ0v) is 11.7. The van der Waals surface area contributed by atoms with Gasteiger partial charge in [-0.2, -0.15) is 0 Å². The van der Waals surface area contributed by atoms with Crippen LogP contribution in [0.4, 0.5) is 11.4 Å². The van der Waals surface area contributed by atoms with Crippen LogP contribution >= 0.6 is 0 Å². The molecule has 2 N–H and O–H groups in total. The second-order valence-electron chi connectivity index (χ2n) is 4.97. The normalized spacial score (nSPS) is 13.6. The SMILES string of the molecule is Nc1cccc2c1CCCN2C(=O)COc1cccnc1. The summed E-state index contributed by atoms with van der Waals surface area (Å²) in [6.07, 6.45) is 5.09. The molecule has 1 aliphatic heterocycles. The molecule has 2 aromatic rings. The number of fused-ring (bicyclic) bond motifs is 1. The fraction of sp³-hybridized carbons (Fsp3) is 0.250. The van der Waals surface area contributed by atoms with E-state index in [2.05, 4.69) is 4.98 Å². The van der Waals surface area contributed by atoms with Crippen LogP contribution in [0.1, 0.15) is 12.0 Å². The second-order valence-corrected chi connectivity index (χ2v) is 4.97. The van der Waals surface area contributed by atoms with Crippen LogP contribution in [0.5, 0.6) is 5.75 Å². The van der Waals surface area contributed by atoms with Gasteiger partial charge in [0.2, 0.25) is 0 Å². The van der Waals surface area contributed by atoms with E-state index in [0.717, 1.165) is 29.8 Å². The van der Waals surface area contributed by atoms with E-state index in [1.54, 1.807) is 29.4 Å². The number of aromatic nitrogens is 1. The Morgan fingerprint density at radius 1 is 1.33 bits per heavy atom. The Morgan fingerprint density at radius 2 is 2.24 bits per heavy atom. The quantitative estimate of drug-likeness (QED) is 0.875. The van der Waals surface area contributed by atoms with Crippen molar-refractivity contribution < 1.29 is 9.53 Å². The third-order valence-corrected chi connectivity index (χ3v) is 3.58. The molecule has 0 saturated carbocycles. The van der Waals surface area contributed by atoms with Crippen LogP contribution in [0.15, 0.2) is 42.7 Å². The fourth-order valence-corrected chi connectivity index (χ4v) is 2.57. The van der Waals surface area contributed by atoms with Gasteiger partial charge < -0.3 is 15.4 Å². The number of carbonyl (C=O) groups excluding carboxylic acids is 1. The van der Waals surface area contributed by atoms with Crippen molar-refractivity contribution in [1.82, 2.24) is 4.98 Å². The molecular weight excluding hydrogens is 266 g/mol. The summed E-state index contributed by atoms with van der Waals surface area (Å²) in [7, 11) is 0. The van der Waals surface area contributed by atoms with Gasteiger partial charge in [0.25, 0.3) is 5.91 Å². The first-order valence-electron chi connectivity index (χ1n) is 6.96. The molecule has 0 fully saturated rings. The van der Waals surface area contributed by atoms with Crippen molar-refractivity contribution in [2.75, 3.05) is 23.8 Å². The van der Waals surface area contributed by atoms with Crippen molar-refractivity contribution in [2.45, 2.75) is 12.8 Å². The number of hydrogen-bond donors (Lipinski definition) is 1. The van der Waals surface area contributed by atoms with Crippen molar-refractivity contribution >= 4 is 17.3 Å². The lowest BCUT2D eigenvalue weighted by Gasteiger charge is -2.30. The Kier molecular flexibility index (Phi) is 3.73. The zero-order chi connectivity index (χ0) is 14.7. The average Bonchev–Trinajstić information content (AvgIpc) is 2.53. The first-order chi connectivity index (χ1) is 10.3. The molecule has 21 heavy (non-hydrogen) atoms. The Hall–Kier alpha value is -2.56. The van der Waals surface area contributed by atoms with Crippen LogP contribution in [0.25, 0.3) is 0 Å².